The average molecular weight is 263 g/mol. The van der Waals surface area contributed by atoms with Gasteiger partial charge in [0.15, 0.2) is 0 Å². The second-order valence-electron chi connectivity index (χ2n) is 3.77. The van der Waals surface area contributed by atoms with E-state index in [2.05, 4.69) is 32.4 Å². The van der Waals surface area contributed by atoms with E-state index in [4.69, 9.17) is 11.6 Å². The number of aromatic nitrogens is 2. The van der Waals surface area contributed by atoms with Gasteiger partial charge in [-0.05, 0) is 23.6 Å². The fraction of sp³-hybridized carbons (Fsp3) is 0.154. The first-order chi connectivity index (χ1) is 8.40. The van der Waals surface area contributed by atoms with Gasteiger partial charge in [-0.25, -0.2) is 4.98 Å². The highest BCUT2D eigenvalue weighted by Gasteiger charge is 2.11. The molecule has 2 heterocycles. The largest absolute Gasteiger partial charge is 0.295 e. The molecule has 0 saturated carbocycles. The third-order valence-corrected chi connectivity index (χ3v) is 3.57. The summed E-state index contributed by atoms with van der Waals surface area (Å²) in [4.78, 5) is 4.64. The molecular formula is C13H11ClN2S. The number of fused-ring (bicyclic) bond motifs is 1. The Morgan fingerprint density at radius 2 is 2.12 bits per heavy atom. The maximum atomic E-state index is 5.85. The van der Waals surface area contributed by atoms with Crippen molar-refractivity contribution in [3.05, 3.63) is 46.9 Å². The zero-order chi connectivity index (χ0) is 11.7. The lowest BCUT2D eigenvalue weighted by atomic mass is 10.3. The van der Waals surface area contributed by atoms with Crippen molar-refractivity contribution in [2.75, 3.05) is 5.88 Å². The summed E-state index contributed by atoms with van der Waals surface area (Å²) < 4.78 is 2.19. The van der Waals surface area contributed by atoms with Gasteiger partial charge in [-0.2, -0.15) is 11.3 Å². The van der Waals surface area contributed by atoms with Crippen LogP contribution in [0, 0.1) is 0 Å². The predicted octanol–water partition coefficient (Wildman–Crippen LogP) is 3.87. The minimum atomic E-state index is 0.591. The van der Waals surface area contributed by atoms with Crippen molar-refractivity contribution < 1.29 is 0 Å². The number of imidazole rings is 1. The van der Waals surface area contributed by atoms with E-state index >= 15 is 0 Å². The lowest BCUT2D eigenvalue weighted by Crippen LogP contribution is -2.00. The SMILES string of the molecule is ClCCc1nc2ccccc2n1-c1ccsc1. The predicted molar refractivity (Wildman–Crippen MR) is 73.4 cm³/mol. The van der Waals surface area contributed by atoms with Gasteiger partial charge in [-0.15, -0.1) is 11.6 Å². The first-order valence-corrected chi connectivity index (χ1v) is 6.93. The van der Waals surface area contributed by atoms with Crippen molar-refractivity contribution in [1.29, 1.82) is 0 Å². The zero-order valence-electron chi connectivity index (χ0n) is 9.14. The summed E-state index contributed by atoms with van der Waals surface area (Å²) >= 11 is 7.54. The van der Waals surface area contributed by atoms with Gasteiger partial charge >= 0.3 is 0 Å². The zero-order valence-corrected chi connectivity index (χ0v) is 10.7. The number of para-hydroxylation sites is 2. The Labute approximate surface area is 108 Å². The molecule has 0 atom stereocenters. The molecule has 17 heavy (non-hydrogen) atoms. The van der Waals surface area contributed by atoms with Crippen molar-refractivity contribution >= 4 is 34.0 Å². The van der Waals surface area contributed by atoms with Crippen LogP contribution in [0.25, 0.3) is 16.7 Å². The molecule has 0 spiro atoms. The summed E-state index contributed by atoms with van der Waals surface area (Å²) in [7, 11) is 0. The van der Waals surface area contributed by atoms with Gasteiger partial charge in [-0.3, -0.25) is 4.57 Å². The van der Waals surface area contributed by atoms with Crippen LogP contribution in [0.4, 0.5) is 0 Å². The molecule has 3 rings (SSSR count). The van der Waals surface area contributed by atoms with Gasteiger partial charge < -0.3 is 0 Å². The number of nitrogens with zero attached hydrogens (tertiary/aromatic N) is 2. The van der Waals surface area contributed by atoms with Crippen LogP contribution < -0.4 is 0 Å². The maximum Gasteiger partial charge on any atom is 0.115 e. The van der Waals surface area contributed by atoms with Crippen LogP contribution in [0.1, 0.15) is 5.82 Å². The van der Waals surface area contributed by atoms with Crippen LogP contribution in [0.5, 0.6) is 0 Å². The molecule has 2 aromatic heterocycles. The molecule has 0 bridgehead atoms. The maximum absolute atomic E-state index is 5.85. The summed E-state index contributed by atoms with van der Waals surface area (Å²) in [5, 5.41) is 4.21. The van der Waals surface area contributed by atoms with Gasteiger partial charge in [0.1, 0.15) is 5.82 Å². The minimum Gasteiger partial charge on any atom is -0.295 e. The van der Waals surface area contributed by atoms with E-state index < -0.39 is 0 Å². The highest BCUT2D eigenvalue weighted by atomic mass is 35.5. The van der Waals surface area contributed by atoms with Gasteiger partial charge in [0.2, 0.25) is 0 Å². The number of hydrogen-bond acceptors (Lipinski definition) is 2. The number of thiophene rings is 1. The van der Waals surface area contributed by atoms with Crippen molar-refractivity contribution in [1.82, 2.24) is 9.55 Å². The number of rotatable bonds is 3. The Balaban J connectivity index is 2.28. The molecule has 3 aromatic rings. The quantitative estimate of drug-likeness (QED) is 0.655. The summed E-state index contributed by atoms with van der Waals surface area (Å²) in [5.41, 5.74) is 3.34. The van der Waals surface area contributed by atoms with Gasteiger partial charge in [0.05, 0.1) is 16.7 Å². The molecule has 86 valence electrons. The van der Waals surface area contributed by atoms with Crippen molar-refractivity contribution in [2.45, 2.75) is 6.42 Å². The lowest BCUT2D eigenvalue weighted by molar-refractivity contribution is 0.915. The highest BCUT2D eigenvalue weighted by Crippen LogP contribution is 2.23. The number of halogens is 1. The highest BCUT2D eigenvalue weighted by molar-refractivity contribution is 7.08. The monoisotopic (exact) mass is 262 g/mol. The van der Waals surface area contributed by atoms with Crippen LogP contribution in [-0.4, -0.2) is 15.4 Å². The molecule has 0 N–H and O–H groups in total. The summed E-state index contributed by atoms with van der Waals surface area (Å²) in [6.45, 7) is 0. The average Bonchev–Trinajstić information content (AvgIpc) is 2.94. The molecule has 4 heteroatoms. The normalized spacial score (nSPS) is 11.1. The Morgan fingerprint density at radius 3 is 2.88 bits per heavy atom. The van der Waals surface area contributed by atoms with Crippen molar-refractivity contribution in [3.8, 4) is 5.69 Å². The molecule has 1 aromatic carbocycles. The molecule has 0 aliphatic carbocycles. The van der Waals surface area contributed by atoms with Crippen LogP contribution in [0.15, 0.2) is 41.1 Å². The molecule has 0 fully saturated rings. The number of aryl methyl sites for hydroxylation is 1. The van der Waals surface area contributed by atoms with E-state index in [0.29, 0.717) is 5.88 Å². The van der Waals surface area contributed by atoms with Crippen LogP contribution >= 0.6 is 22.9 Å². The fourth-order valence-electron chi connectivity index (χ4n) is 2.00. The number of hydrogen-bond donors (Lipinski definition) is 0. The number of benzene rings is 1. The van der Waals surface area contributed by atoms with E-state index in [9.17, 15) is 0 Å². The minimum absolute atomic E-state index is 0.591. The van der Waals surface area contributed by atoms with E-state index in [1.54, 1.807) is 11.3 Å². The fourth-order valence-corrected chi connectivity index (χ4v) is 2.79. The third-order valence-electron chi connectivity index (χ3n) is 2.71. The van der Waals surface area contributed by atoms with E-state index in [1.165, 1.54) is 5.69 Å². The summed E-state index contributed by atoms with van der Waals surface area (Å²) in [6, 6.07) is 10.3. The van der Waals surface area contributed by atoms with E-state index in [0.717, 1.165) is 23.3 Å². The molecule has 0 saturated heterocycles. The molecule has 0 radical (unpaired) electrons. The van der Waals surface area contributed by atoms with Crippen molar-refractivity contribution in [3.63, 3.8) is 0 Å². The molecule has 0 aliphatic heterocycles. The summed E-state index contributed by atoms with van der Waals surface area (Å²) in [5.74, 6) is 1.62. The number of alkyl halides is 1. The molecule has 0 amide bonds. The van der Waals surface area contributed by atoms with Crippen LogP contribution in [-0.2, 0) is 6.42 Å². The Kier molecular flexibility index (Phi) is 2.87. The van der Waals surface area contributed by atoms with E-state index in [-0.39, 0.29) is 0 Å². The molecule has 0 unspecified atom stereocenters. The first kappa shape index (κ1) is 10.8. The van der Waals surface area contributed by atoms with Crippen molar-refractivity contribution in [2.24, 2.45) is 0 Å². The Bertz CT molecular complexity index is 628. The molecule has 0 aliphatic rings. The standard InChI is InChI=1S/C13H11ClN2S/c14-7-5-13-15-11-3-1-2-4-12(11)16(13)10-6-8-17-9-10/h1-4,6,8-9H,5,7H2. The molecular weight excluding hydrogens is 252 g/mol. The second-order valence-corrected chi connectivity index (χ2v) is 4.93. The van der Waals surface area contributed by atoms with Gasteiger partial charge in [-0.1, -0.05) is 12.1 Å². The van der Waals surface area contributed by atoms with Crippen LogP contribution in [0.3, 0.4) is 0 Å². The lowest BCUT2D eigenvalue weighted by Gasteiger charge is -2.05. The Morgan fingerprint density at radius 1 is 1.24 bits per heavy atom. The molecule has 2 nitrogen and oxygen atoms in total. The smallest absolute Gasteiger partial charge is 0.115 e. The third kappa shape index (κ3) is 1.85. The Hall–Kier alpha value is -1.32. The van der Waals surface area contributed by atoms with Crippen LogP contribution in [0.2, 0.25) is 0 Å². The second kappa shape index (κ2) is 4.51. The first-order valence-electron chi connectivity index (χ1n) is 5.45. The van der Waals surface area contributed by atoms with Gasteiger partial charge in [0.25, 0.3) is 0 Å². The topological polar surface area (TPSA) is 17.8 Å². The summed E-state index contributed by atoms with van der Waals surface area (Å²) in [6.07, 6.45) is 0.784. The van der Waals surface area contributed by atoms with Gasteiger partial charge in [0, 0.05) is 17.7 Å². The van der Waals surface area contributed by atoms with E-state index in [1.807, 2.05) is 18.2 Å².